The van der Waals surface area contributed by atoms with Gasteiger partial charge in [0.15, 0.2) is 0 Å². The van der Waals surface area contributed by atoms with Crippen LogP contribution in [0.1, 0.15) is 40.9 Å². The number of alkyl carbamates (subject to hydrolysis) is 1. The topological polar surface area (TPSA) is 108 Å². The summed E-state index contributed by atoms with van der Waals surface area (Å²) in [6, 6.07) is 7.98. The van der Waals surface area contributed by atoms with Crippen molar-refractivity contribution in [3.63, 3.8) is 0 Å². The fourth-order valence-electron chi connectivity index (χ4n) is 3.94. The first kappa shape index (κ1) is 19.9. The number of methoxy groups -OCH3 is 1. The minimum absolute atomic E-state index is 0.0628. The lowest BCUT2D eigenvalue weighted by Gasteiger charge is -2.36. The van der Waals surface area contributed by atoms with E-state index in [-0.39, 0.29) is 11.9 Å². The van der Waals surface area contributed by atoms with E-state index in [9.17, 15) is 9.59 Å². The number of anilines is 3. The predicted molar refractivity (Wildman–Crippen MR) is 113 cm³/mol. The Balaban J connectivity index is 1.66. The second kappa shape index (κ2) is 8.56. The molecular formula is C21H26N6O3. The highest BCUT2D eigenvalue weighted by molar-refractivity contribution is 6.02. The molecule has 0 aliphatic carbocycles. The zero-order valence-electron chi connectivity index (χ0n) is 17.2. The summed E-state index contributed by atoms with van der Waals surface area (Å²) in [7, 11) is 1.35. The Morgan fingerprint density at radius 1 is 1.33 bits per heavy atom. The molecule has 3 heterocycles. The molecule has 1 aromatic heterocycles. The maximum absolute atomic E-state index is 12.4. The third kappa shape index (κ3) is 4.14. The summed E-state index contributed by atoms with van der Waals surface area (Å²) in [5.41, 5.74) is 3.15. The van der Waals surface area contributed by atoms with Crippen LogP contribution in [-0.2, 0) is 11.3 Å². The summed E-state index contributed by atoms with van der Waals surface area (Å²) in [4.78, 5) is 35.5. The number of hydrogen-bond donors (Lipinski definition) is 3. The minimum atomic E-state index is -0.452. The van der Waals surface area contributed by atoms with Crippen molar-refractivity contribution in [2.24, 2.45) is 0 Å². The average Bonchev–Trinajstić information content (AvgIpc) is 3.13. The van der Waals surface area contributed by atoms with Gasteiger partial charge in [0.2, 0.25) is 5.95 Å². The van der Waals surface area contributed by atoms with Crippen LogP contribution in [0.25, 0.3) is 0 Å². The van der Waals surface area contributed by atoms with Gasteiger partial charge in [-0.15, -0.1) is 0 Å². The van der Waals surface area contributed by atoms with Crippen LogP contribution in [0.15, 0.2) is 24.3 Å². The van der Waals surface area contributed by atoms with E-state index in [4.69, 9.17) is 14.7 Å². The highest BCUT2D eigenvalue weighted by atomic mass is 16.5. The molecular weight excluding hydrogens is 384 g/mol. The van der Waals surface area contributed by atoms with Crippen LogP contribution in [0, 0.1) is 6.92 Å². The molecule has 1 aromatic carbocycles. The Morgan fingerprint density at radius 3 is 3.00 bits per heavy atom. The third-order valence-corrected chi connectivity index (χ3v) is 5.45. The van der Waals surface area contributed by atoms with Crippen molar-refractivity contribution in [1.82, 2.24) is 20.6 Å². The number of amides is 2. The number of aromatic nitrogens is 2. The van der Waals surface area contributed by atoms with Gasteiger partial charge in [-0.05, 0) is 43.9 Å². The number of benzene rings is 1. The standard InChI is InChI=1S/C21H26N6O3/c1-13-6-5-7-14(10-13)24-18-17-16(12-22-19(17)28)25-20(26-18)27-9-4-3-8-15(27)11-23-21(29)30-2/h5-7,10,15H,3-4,8-9,11-12H2,1-2H3,(H,22,28)(H,23,29)(H,24,25,26). The zero-order valence-corrected chi connectivity index (χ0v) is 17.2. The number of aryl methyl sites for hydroxylation is 1. The Bertz CT molecular complexity index is 964. The van der Waals surface area contributed by atoms with Gasteiger partial charge in [0.05, 0.1) is 19.3 Å². The molecule has 1 fully saturated rings. The smallest absolute Gasteiger partial charge is 0.406 e. The second-order valence-corrected chi connectivity index (χ2v) is 7.59. The van der Waals surface area contributed by atoms with E-state index in [1.807, 2.05) is 31.2 Å². The van der Waals surface area contributed by atoms with E-state index >= 15 is 0 Å². The molecule has 2 amide bonds. The van der Waals surface area contributed by atoms with Gasteiger partial charge in [0.1, 0.15) is 11.4 Å². The first-order valence-electron chi connectivity index (χ1n) is 10.2. The minimum Gasteiger partial charge on any atom is -0.453 e. The quantitative estimate of drug-likeness (QED) is 0.695. The van der Waals surface area contributed by atoms with Gasteiger partial charge in [-0.2, -0.15) is 4.98 Å². The molecule has 158 valence electrons. The van der Waals surface area contributed by atoms with Crippen LogP contribution < -0.4 is 20.9 Å². The first-order chi connectivity index (χ1) is 14.5. The van der Waals surface area contributed by atoms with E-state index in [0.717, 1.165) is 37.1 Å². The highest BCUT2D eigenvalue weighted by Crippen LogP contribution is 2.30. The number of rotatable bonds is 5. The molecule has 1 unspecified atom stereocenters. The fourth-order valence-corrected chi connectivity index (χ4v) is 3.94. The maximum Gasteiger partial charge on any atom is 0.406 e. The van der Waals surface area contributed by atoms with Gasteiger partial charge in [0, 0.05) is 24.8 Å². The molecule has 0 saturated carbocycles. The maximum atomic E-state index is 12.4. The van der Waals surface area contributed by atoms with Gasteiger partial charge in [-0.1, -0.05) is 12.1 Å². The molecule has 9 nitrogen and oxygen atoms in total. The summed E-state index contributed by atoms with van der Waals surface area (Å²) in [5, 5.41) is 8.92. The molecule has 0 bridgehead atoms. The number of piperidine rings is 1. The second-order valence-electron chi connectivity index (χ2n) is 7.59. The number of nitrogens with one attached hydrogen (secondary N) is 3. The third-order valence-electron chi connectivity index (χ3n) is 5.45. The van der Waals surface area contributed by atoms with Crippen molar-refractivity contribution < 1.29 is 14.3 Å². The summed E-state index contributed by atoms with van der Waals surface area (Å²) in [5.74, 6) is 0.895. The predicted octanol–water partition coefficient (Wildman–Crippen LogP) is 2.49. The lowest BCUT2D eigenvalue weighted by Crippen LogP contribution is -2.47. The van der Waals surface area contributed by atoms with Crippen LogP contribution in [0.4, 0.5) is 22.2 Å². The molecule has 2 aromatic rings. The molecule has 9 heteroatoms. The van der Waals surface area contributed by atoms with Crippen molar-refractivity contribution in [1.29, 1.82) is 0 Å². The lowest BCUT2D eigenvalue weighted by atomic mass is 10.0. The summed E-state index contributed by atoms with van der Waals surface area (Å²) in [6.07, 6.45) is 2.56. The Hall–Kier alpha value is -3.36. The van der Waals surface area contributed by atoms with Gasteiger partial charge in [-0.25, -0.2) is 9.78 Å². The monoisotopic (exact) mass is 410 g/mol. The number of carbonyl (C=O) groups excluding carboxylic acids is 2. The van der Waals surface area contributed by atoms with Gasteiger partial charge < -0.3 is 25.6 Å². The molecule has 0 radical (unpaired) electrons. The number of ether oxygens (including phenoxy) is 1. The largest absolute Gasteiger partial charge is 0.453 e. The fraction of sp³-hybridized carbons (Fsp3) is 0.429. The summed E-state index contributed by atoms with van der Waals surface area (Å²) in [6.45, 7) is 3.63. The van der Waals surface area contributed by atoms with Crippen LogP contribution in [-0.4, -0.2) is 48.2 Å². The van der Waals surface area contributed by atoms with E-state index in [0.29, 0.717) is 36.1 Å². The van der Waals surface area contributed by atoms with E-state index < -0.39 is 6.09 Å². The Kier molecular flexibility index (Phi) is 5.69. The zero-order chi connectivity index (χ0) is 21.1. The molecule has 2 aliphatic rings. The number of hydrogen-bond acceptors (Lipinski definition) is 7. The molecule has 1 atom stereocenters. The number of fused-ring (bicyclic) bond motifs is 1. The van der Waals surface area contributed by atoms with Gasteiger partial charge in [-0.3, -0.25) is 4.79 Å². The lowest BCUT2D eigenvalue weighted by molar-refractivity contribution is 0.0966. The van der Waals surface area contributed by atoms with Crippen LogP contribution in [0.3, 0.4) is 0 Å². The average molecular weight is 410 g/mol. The number of nitrogens with zero attached hydrogens (tertiary/aromatic N) is 3. The van der Waals surface area contributed by atoms with Crippen molar-refractivity contribution in [2.45, 2.75) is 38.8 Å². The molecule has 30 heavy (non-hydrogen) atoms. The van der Waals surface area contributed by atoms with Crippen LogP contribution >= 0.6 is 0 Å². The van der Waals surface area contributed by atoms with E-state index in [2.05, 4.69) is 20.9 Å². The number of carbonyl (C=O) groups is 2. The molecule has 3 N–H and O–H groups in total. The Morgan fingerprint density at radius 2 is 2.20 bits per heavy atom. The van der Waals surface area contributed by atoms with Crippen molar-refractivity contribution >= 4 is 29.5 Å². The van der Waals surface area contributed by atoms with Crippen LogP contribution in [0.5, 0.6) is 0 Å². The van der Waals surface area contributed by atoms with Gasteiger partial charge in [0.25, 0.3) is 5.91 Å². The summed E-state index contributed by atoms with van der Waals surface area (Å²) < 4.78 is 4.69. The molecule has 1 saturated heterocycles. The van der Waals surface area contributed by atoms with E-state index in [1.165, 1.54) is 7.11 Å². The Labute approximate surface area is 175 Å². The molecule has 0 spiro atoms. The van der Waals surface area contributed by atoms with Crippen molar-refractivity contribution in [3.05, 3.63) is 41.1 Å². The highest BCUT2D eigenvalue weighted by Gasteiger charge is 2.31. The van der Waals surface area contributed by atoms with Crippen molar-refractivity contribution in [3.8, 4) is 0 Å². The SMILES string of the molecule is COC(=O)NCC1CCCCN1c1nc2c(c(Nc3cccc(C)c3)n1)C(=O)NC2. The van der Waals surface area contributed by atoms with Gasteiger partial charge >= 0.3 is 6.09 Å². The van der Waals surface area contributed by atoms with Crippen LogP contribution in [0.2, 0.25) is 0 Å². The first-order valence-corrected chi connectivity index (χ1v) is 10.2. The molecule has 2 aliphatic heterocycles. The normalized spacial score (nSPS) is 17.9. The van der Waals surface area contributed by atoms with Crippen molar-refractivity contribution in [2.75, 3.05) is 30.4 Å². The molecule has 4 rings (SSSR count). The van der Waals surface area contributed by atoms with E-state index in [1.54, 1.807) is 0 Å². The summed E-state index contributed by atoms with van der Waals surface area (Å²) >= 11 is 0.